The van der Waals surface area contributed by atoms with E-state index in [2.05, 4.69) is 16.3 Å². The van der Waals surface area contributed by atoms with Gasteiger partial charge in [0.1, 0.15) is 0 Å². The molecule has 0 bridgehead atoms. The monoisotopic (exact) mass is 303 g/mol. The lowest BCUT2D eigenvalue weighted by atomic mass is 9.95. The fourth-order valence-corrected chi connectivity index (χ4v) is 2.81. The SMILES string of the molecule is CC(=O)N1CCC(C(=O)Nc2cccc(CN(C)C)c2)CC1. The molecule has 5 heteroatoms. The Hall–Kier alpha value is -1.88. The molecule has 5 nitrogen and oxygen atoms in total. The summed E-state index contributed by atoms with van der Waals surface area (Å²) in [6.07, 6.45) is 1.48. The molecule has 1 saturated heterocycles. The van der Waals surface area contributed by atoms with Crippen molar-refractivity contribution in [2.24, 2.45) is 5.92 Å². The van der Waals surface area contributed by atoms with Gasteiger partial charge >= 0.3 is 0 Å². The number of hydrogen-bond acceptors (Lipinski definition) is 3. The van der Waals surface area contributed by atoms with Gasteiger partial charge in [0.2, 0.25) is 11.8 Å². The molecule has 0 aliphatic carbocycles. The summed E-state index contributed by atoms with van der Waals surface area (Å²) in [4.78, 5) is 27.6. The van der Waals surface area contributed by atoms with Gasteiger partial charge in [0.15, 0.2) is 0 Å². The number of carbonyl (C=O) groups is 2. The third-order valence-electron chi connectivity index (χ3n) is 4.00. The third kappa shape index (κ3) is 4.56. The minimum Gasteiger partial charge on any atom is -0.343 e. The van der Waals surface area contributed by atoms with Crippen molar-refractivity contribution in [1.82, 2.24) is 9.80 Å². The Balaban J connectivity index is 1.91. The number of piperidine rings is 1. The van der Waals surface area contributed by atoms with Crippen molar-refractivity contribution >= 4 is 17.5 Å². The van der Waals surface area contributed by atoms with E-state index in [-0.39, 0.29) is 17.7 Å². The van der Waals surface area contributed by atoms with E-state index in [1.807, 2.05) is 37.2 Å². The van der Waals surface area contributed by atoms with Crippen LogP contribution in [-0.2, 0) is 16.1 Å². The summed E-state index contributed by atoms with van der Waals surface area (Å²) in [5.41, 5.74) is 2.02. The van der Waals surface area contributed by atoms with Crippen LogP contribution in [0.2, 0.25) is 0 Å². The highest BCUT2D eigenvalue weighted by atomic mass is 16.2. The fourth-order valence-electron chi connectivity index (χ4n) is 2.81. The van der Waals surface area contributed by atoms with Gasteiger partial charge in [-0.25, -0.2) is 0 Å². The molecule has 0 spiro atoms. The molecule has 0 aromatic heterocycles. The number of anilines is 1. The highest BCUT2D eigenvalue weighted by Crippen LogP contribution is 2.20. The molecule has 1 aromatic rings. The predicted molar refractivity (Wildman–Crippen MR) is 87.4 cm³/mol. The molecule has 1 N–H and O–H groups in total. The second-order valence-corrected chi connectivity index (χ2v) is 6.21. The van der Waals surface area contributed by atoms with Crippen LogP contribution in [0.25, 0.3) is 0 Å². The number of carbonyl (C=O) groups excluding carboxylic acids is 2. The molecule has 2 amide bonds. The van der Waals surface area contributed by atoms with Gasteiger partial charge < -0.3 is 15.1 Å². The summed E-state index contributed by atoms with van der Waals surface area (Å²) < 4.78 is 0. The van der Waals surface area contributed by atoms with Crippen molar-refractivity contribution < 1.29 is 9.59 Å². The van der Waals surface area contributed by atoms with Gasteiger partial charge in [0.05, 0.1) is 0 Å². The first-order valence-corrected chi connectivity index (χ1v) is 7.76. The highest BCUT2D eigenvalue weighted by molar-refractivity contribution is 5.92. The summed E-state index contributed by atoms with van der Waals surface area (Å²) in [6.45, 7) is 3.78. The molecule has 2 rings (SSSR count). The summed E-state index contributed by atoms with van der Waals surface area (Å²) in [5.74, 6) is 0.147. The Morgan fingerprint density at radius 3 is 2.55 bits per heavy atom. The van der Waals surface area contributed by atoms with E-state index in [0.717, 1.165) is 25.1 Å². The molecule has 1 aromatic carbocycles. The van der Waals surface area contributed by atoms with Crippen LogP contribution in [0.5, 0.6) is 0 Å². The maximum Gasteiger partial charge on any atom is 0.227 e. The summed E-state index contributed by atoms with van der Waals surface area (Å²) in [5, 5.41) is 3.01. The minimum atomic E-state index is -0.00638. The number of benzene rings is 1. The van der Waals surface area contributed by atoms with Crippen LogP contribution >= 0.6 is 0 Å². The van der Waals surface area contributed by atoms with Gasteiger partial charge in [-0.3, -0.25) is 9.59 Å². The molecule has 0 unspecified atom stereocenters. The van der Waals surface area contributed by atoms with Crippen molar-refractivity contribution in [2.75, 3.05) is 32.5 Å². The number of amides is 2. The second kappa shape index (κ2) is 7.40. The quantitative estimate of drug-likeness (QED) is 0.925. The second-order valence-electron chi connectivity index (χ2n) is 6.21. The molecule has 22 heavy (non-hydrogen) atoms. The molecule has 0 radical (unpaired) electrons. The van der Waals surface area contributed by atoms with Crippen LogP contribution in [0.4, 0.5) is 5.69 Å². The van der Waals surface area contributed by atoms with E-state index in [0.29, 0.717) is 13.1 Å². The van der Waals surface area contributed by atoms with Crippen molar-refractivity contribution in [1.29, 1.82) is 0 Å². The minimum absolute atomic E-state index is 0.00638. The van der Waals surface area contributed by atoms with Gasteiger partial charge in [-0.2, -0.15) is 0 Å². The predicted octanol–water partition coefficient (Wildman–Crippen LogP) is 1.95. The van der Waals surface area contributed by atoms with E-state index in [9.17, 15) is 9.59 Å². The van der Waals surface area contributed by atoms with Crippen LogP contribution < -0.4 is 5.32 Å². The number of likely N-dealkylation sites (tertiary alicyclic amines) is 1. The number of nitrogens with zero attached hydrogens (tertiary/aromatic N) is 2. The Bertz CT molecular complexity index is 534. The van der Waals surface area contributed by atoms with E-state index >= 15 is 0 Å². The van der Waals surface area contributed by atoms with Crippen molar-refractivity contribution in [3.8, 4) is 0 Å². The van der Waals surface area contributed by atoms with Crippen molar-refractivity contribution in [3.05, 3.63) is 29.8 Å². The van der Waals surface area contributed by atoms with Crippen molar-refractivity contribution in [3.63, 3.8) is 0 Å². The standard InChI is InChI=1S/C17H25N3O2/c1-13(21)20-9-7-15(8-10-20)17(22)18-16-6-4-5-14(11-16)12-19(2)3/h4-6,11,15H,7-10,12H2,1-3H3,(H,18,22). The van der Waals surface area contributed by atoms with Crippen LogP contribution in [-0.4, -0.2) is 48.8 Å². The first kappa shape index (κ1) is 16.5. The first-order valence-electron chi connectivity index (χ1n) is 7.76. The normalized spacial score (nSPS) is 15.9. The molecule has 0 atom stereocenters. The van der Waals surface area contributed by atoms with E-state index in [1.54, 1.807) is 6.92 Å². The average molecular weight is 303 g/mol. The Morgan fingerprint density at radius 2 is 1.95 bits per heavy atom. The maximum absolute atomic E-state index is 12.4. The zero-order valence-electron chi connectivity index (χ0n) is 13.6. The van der Waals surface area contributed by atoms with E-state index < -0.39 is 0 Å². The molecular weight excluding hydrogens is 278 g/mol. The molecule has 1 fully saturated rings. The molecule has 1 aliphatic heterocycles. The number of nitrogens with one attached hydrogen (secondary N) is 1. The fraction of sp³-hybridized carbons (Fsp3) is 0.529. The molecule has 1 aliphatic rings. The zero-order valence-corrected chi connectivity index (χ0v) is 13.6. The summed E-state index contributed by atoms with van der Waals surface area (Å²) in [6, 6.07) is 7.96. The van der Waals surface area contributed by atoms with Crippen molar-refractivity contribution in [2.45, 2.75) is 26.3 Å². The summed E-state index contributed by atoms with van der Waals surface area (Å²) in [7, 11) is 4.04. The number of rotatable bonds is 4. The largest absolute Gasteiger partial charge is 0.343 e. The van der Waals surface area contributed by atoms with Crippen LogP contribution in [0.15, 0.2) is 24.3 Å². The molecular formula is C17H25N3O2. The van der Waals surface area contributed by atoms with Gasteiger partial charge in [0, 0.05) is 38.2 Å². The molecule has 0 saturated carbocycles. The summed E-state index contributed by atoms with van der Waals surface area (Å²) >= 11 is 0. The van der Waals surface area contributed by atoms with Crippen LogP contribution in [0.3, 0.4) is 0 Å². The van der Waals surface area contributed by atoms with E-state index in [4.69, 9.17) is 0 Å². The zero-order chi connectivity index (χ0) is 16.1. The average Bonchev–Trinajstić information content (AvgIpc) is 2.47. The number of hydrogen-bond donors (Lipinski definition) is 1. The van der Waals surface area contributed by atoms with E-state index in [1.165, 1.54) is 5.56 Å². The Kier molecular flexibility index (Phi) is 5.55. The van der Waals surface area contributed by atoms with Gasteiger partial charge in [-0.15, -0.1) is 0 Å². The lowest BCUT2D eigenvalue weighted by Gasteiger charge is -2.30. The topological polar surface area (TPSA) is 52.7 Å². The smallest absolute Gasteiger partial charge is 0.227 e. The third-order valence-corrected chi connectivity index (χ3v) is 4.00. The Labute approximate surface area is 132 Å². The molecule has 120 valence electrons. The van der Waals surface area contributed by atoms with Crippen LogP contribution in [0.1, 0.15) is 25.3 Å². The van der Waals surface area contributed by atoms with Crippen LogP contribution in [0, 0.1) is 5.92 Å². The van der Waals surface area contributed by atoms with Gasteiger partial charge in [0.25, 0.3) is 0 Å². The Morgan fingerprint density at radius 1 is 1.27 bits per heavy atom. The maximum atomic E-state index is 12.4. The lowest BCUT2D eigenvalue weighted by molar-refractivity contribution is -0.132. The lowest BCUT2D eigenvalue weighted by Crippen LogP contribution is -2.40. The first-order chi connectivity index (χ1) is 10.5. The molecule has 1 heterocycles. The van der Waals surface area contributed by atoms with Gasteiger partial charge in [-0.1, -0.05) is 12.1 Å². The van der Waals surface area contributed by atoms with Gasteiger partial charge in [-0.05, 0) is 44.6 Å². The highest BCUT2D eigenvalue weighted by Gasteiger charge is 2.25.